The highest BCUT2D eigenvalue weighted by molar-refractivity contribution is 5.78. The third kappa shape index (κ3) is 4.77. The maximum Gasteiger partial charge on any atom is 0.323 e. The second-order valence-corrected chi connectivity index (χ2v) is 6.34. The topological polar surface area (TPSA) is 52.6 Å². The molecule has 1 fully saturated rings. The highest BCUT2D eigenvalue weighted by Crippen LogP contribution is 2.22. The Hall–Kier alpha value is -0.610. The van der Waals surface area contributed by atoms with Crippen molar-refractivity contribution in [1.82, 2.24) is 10.2 Å². The van der Waals surface area contributed by atoms with Crippen LogP contribution in [0.1, 0.15) is 53.4 Å². The Morgan fingerprint density at radius 1 is 1.47 bits per heavy atom. The molecule has 1 aliphatic heterocycles. The Labute approximate surface area is 117 Å². The van der Waals surface area contributed by atoms with E-state index in [1.54, 1.807) is 0 Å². The van der Waals surface area contributed by atoms with E-state index in [2.05, 4.69) is 31.0 Å². The lowest BCUT2D eigenvalue weighted by Gasteiger charge is -2.38. The fourth-order valence-electron chi connectivity index (χ4n) is 2.83. The first-order valence-corrected chi connectivity index (χ1v) is 7.61. The number of rotatable bonds is 7. The average molecular weight is 270 g/mol. The molecule has 0 aromatic rings. The lowest BCUT2D eigenvalue weighted by atomic mass is 9.90. The Balaban J connectivity index is 2.55. The predicted octanol–water partition coefficient (Wildman–Crippen LogP) is 2.34. The zero-order valence-corrected chi connectivity index (χ0v) is 12.9. The van der Waals surface area contributed by atoms with Crippen molar-refractivity contribution in [3.8, 4) is 0 Å². The van der Waals surface area contributed by atoms with E-state index in [4.69, 9.17) is 0 Å². The molecule has 1 heterocycles. The lowest BCUT2D eigenvalue weighted by molar-refractivity contribution is -0.145. The van der Waals surface area contributed by atoms with Crippen LogP contribution in [0.4, 0.5) is 0 Å². The normalized spacial score (nSPS) is 22.9. The summed E-state index contributed by atoms with van der Waals surface area (Å²) < 4.78 is 0. The minimum atomic E-state index is -0.807. The summed E-state index contributed by atoms with van der Waals surface area (Å²) in [6, 6.07) is 0.318. The SMILES string of the molecule is CCCNC(C)(CC(C)N1CCC(C)CC1)C(=O)O. The van der Waals surface area contributed by atoms with Gasteiger partial charge in [0.1, 0.15) is 5.54 Å². The molecule has 0 aliphatic carbocycles. The zero-order valence-electron chi connectivity index (χ0n) is 12.9. The minimum Gasteiger partial charge on any atom is -0.480 e. The van der Waals surface area contributed by atoms with Gasteiger partial charge in [-0.3, -0.25) is 4.79 Å². The lowest BCUT2D eigenvalue weighted by Crippen LogP contribution is -2.54. The summed E-state index contributed by atoms with van der Waals surface area (Å²) in [5.41, 5.74) is -0.807. The van der Waals surface area contributed by atoms with Crippen LogP contribution >= 0.6 is 0 Å². The first-order valence-electron chi connectivity index (χ1n) is 7.61. The van der Waals surface area contributed by atoms with Gasteiger partial charge in [0.05, 0.1) is 0 Å². The van der Waals surface area contributed by atoms with Crippen molar-refractivity contribution >= 4 is 5.97 Å². The molecule has 0 spiro atoms. The monoisotopic (exact) mass is 270 g/mol. The molecule has 0 amide bonds. The van der Waals surface area contributed by atoms with E-state index in [1.807, 2.05) is 6.92 Å². The van der Waals surface area contributed by atoms with Crippen molar-refractivity contribution in [3.63, 3.8) is 0 Å². The van der Waals surface area contributed by atoms with Crippen LogP contribution in [0, 0.1) is 5.92 Å². The molecule has 19 heavy (non-hydrogen) atoms. The van der Waals surface area contributed by atoms with Crippen LogP contribution in [0.5, 0.6) is 0 Å². The molecular formula is C15H30N2O2. The summed E-state index contributed by atoms with van der Waals surface area (Å²) in [6.07, 6.45) is 4.09. The van der Waals surface area contributed by atoms with E-state index in [0.717, 1.165) is 32.0 Å². The van der Waals surface area contributed by atoms with Crippen molar-refractivity contribution in [2.45, 2.75) is 65.0 Å². The Morgan fingerprint density at radius 2 is 2.05 bits per heavy atom. The van der Waals surface area contributed by atoms with Gasteiger partial charge in [-0.2, -0.15) is 0 Å². The molecule has 0 radical (unpaired) electrons. The number of piperidine rings is 1. The van der Waals surface area contributed by atoms with Crippen LogP contribution in [-0.2, 0) is 4.79 Å². The third-order valence-corrected chi connectivity index (χ3v) is 4.38. The van der Waals surface area contributed by atoms with Crippen LogP contribution in [0.15, 0.2) is 0 Å². The molecule has 4 nitrogen and oxygen atoms in total. The van der Waals surface area contributed by atoms with Gasteiger partial charge in [0.15, 0.2) is 0 Å². The molecule has 0 bridgehead atoms. The van der Waals surface area contributed by atoms with Crippen LogP contribution in [0.25, 0.3) is 0 Å². The quantitative estimate of drug-likeness (QED) is 0.745. The molecule has 1 rings (SSSR count). The maximum atomic E-state index is 11.5. The van der Waals surface area contributed by atoms with Crippen molar-refractivity contribution in [1.29, 1.82) is 0 Å². The fraction of sp³-hybridized carbons (Fsp3) is 0.933. The van der Waals surface area contributed by atoms with Gasteiger partial charge in [0.2, 0.25) is 0 Å². The zero-order chi connectivity index (χ0) is 14.5. The van der Waals surface area contributed by atoms with E-state index >= 15 is 0 Å². The van der Waals surface area contributed by atoms with Crippen LogP contribution in [0.2, 0.25) is 0 Å². The van der Waals surface area contributed by atoms with E-state index in [0.29, 0.717) is 12.5 Å². The maximum absolute atomic E-state index is 11.5. The molecule has 1 saturated heterocycles. The van der Waals surface area contributed by atoms with Gasteiger partial charge < -0.3 is 15.3 Å². The van der Waals surface area contributed by atoms with E-state index in [-0.39, 0.29) is 0 Å². The Morgan fingerprint density at radius 3 is 2.53 bits per heavy atom. The second kappa shape index (κ2) is 7.25. The number of nitrogens with one attached hydrogen (secondary N) is 1. The largest absolute Gasteiger partial charge is 0.480 e. The van der Waals surface area contributed by atoms with Crippen molar-refractivity contribution in [2.75, 3.05) is 19.6 Å². The van der Waals surface area contributed by atoms with Gasteiger partial charge in [0, 0.05) is 6.04 Å². The van der Waals surface area contributed by atoms with E-state index in [9.17, 15) is 9.90 Å². The molecule has 2 unspecified atom stereocenters. The minimum absolute atomic E-state index is 0.318. The van der Waals surface area contributed by atoms with Gasteiger partial charge >= 0.3 is 5.97 Å². The molecule has 1 aliphatic rings. The Bertz CT molecular complexity index is 288. The van der Waals surface area contributed by atoms with Crippen molar-refractivity contribution in [3.05, 3.63) is 0 Å². The highest BCUT2D eigenvalue weighted by atomic mass is 16.4. The van der Waals surface area contributed by atoms with Crippen LogP contribution in [-0.4, -0.2) is 47.2 Å². The van der Waals surface area contributed by atoms with Crippen LogP contribution in [0.3, 0.4) is 0 Å². The molecule has 0 aromatic heterocycles. The number of aliphatic carboxylic acids is 1. The molecule has 0 aromatic carbocycles. The molecule has 4 heteroatoms. The number of hydrogen-bond donors (Lipinski definition) is 2. The van der Waals surface area contributed by atoms with Gasteiger partial charge in [-0.05, 0) is 65.1 Å². The summed E-state index contributed by atoms with van der Waals surface area (Å²) >= 11 is 0. The van der Waals surface area contributed by atoms with E-state index in [1.165, 1.54) is 12.8 Å². The van der Waals surface area contributed by atoms with Gasteiger partial charge in [-0.15, -0.1) is 0 Å². The summed E-state index contributed by atoms with van der Waals surface area (Å²) in [5, 5.41) is 12.7. The number of carboxylic acids is 1. The Kier molecular flexibility index (Phi) is 6.27. The highest BCUT2D eigenvalue weighted by Gasteiger charge is 2.35. The van der Waals surface area contributed by atoms with Crippen molar-refractivity contribution < 1.29 is 9.90 Å². The number of carboxylic acid groups (broad SMARTS) is 1. The fourth-order valence-corrected chi connectivity index (χ4v) is 2.83. The second-order valence-electron chi connectivity index (χ2n) is 6.34. The van der Waals surface area contributed by atoms with Crippen molar-refractivity contribution in [2.24, 2.45) is 5.92 Å². The number of likely N-dealkylation sites (tertiary alicyclic amines) is 1. The summed E-state index contributed by atoms with van der Waals surface area (Å²) in [7, 11) is 0. The molecular weight excluding hydrogens is 240 g/mol. The molecule has 2 atom stereocenters. The number of carbonyl (C=O) groups is 1. The first-order chi connectivity index (χ1) is 8.89. The van der Waals surface area contributed by atoms with E-state index < -0.39 is 11.5 Å². The molecule has 0 saturated carbocycles. The average Bonchev–Trinajstić information content (AvgIpc) is 2.36. The predicted molar refractivity (Wildman–Crippen MR) is 78.4 cm³/mol. The third-order valence-electron chi connectivity index (χ3n) is 4.38. The smallest absolute Gasteiger partial charge is 0.323 e. The summed E-state index contributed by atoms with van der Waals surface area (Å²) in [5.74, 6) is 0.0747. The van der Waals surface area contributed by atoms with Gasteiger partial charge in [-0.1, -0.05) is 13.8 Å². The van der Waals surface area contributed by atoms with Gasteiger partial charge in [0.25, 0.3) is 0 Å². The first kappa shape index (κ1) is 16.4. The van der Waals surface area contributed by atoms with Crippen LogP contribution < -0.4 is 5.32 Å². The van der Waals surface area contributed by atoms with Gasteiger partial charge in [-0.25, -0.2) is 0 Å². The summed E-state index contributed by atoms with van der Waals surface area (Å²) in [4.78, 5) is 14.0. The number of nitrogens with zero attached hydrogens (tertiary/aromatic N) is 1. The number of hydrogen-bond acceptors (Lipinski definition) is 3. The standard InChI is InChI=1S/C15H30N2O2/c1-5-8-16-15(4,14(18)19)11-13(3)17-9-6-12(2)7-10-17/h12-13,16H,5-11H2,1-4H3,(H,18,19). The summed E-state index contributed by atoms with van der Waals surface area (Å²) in [6.45, 7) is 11.3. The molecule has 2 N–H and O–H groups in total. The molecule has 112 valence electrons.